The summed E-state index contributed by atoms with van der Waals surface area (Å²) < 4.78 is 27.8. The normalized spacial score (nSPS) is 19.7. The molecule has 2 aliphatic rings. The van der Waals surface area contributed by atoms with Crippen molar-refractivity contribution >= 4 is 23.8 Å². The zero-order valence-corrected chi connectivity index (χ0v) is 20.2. The van der Waals surface area contributed by atoms with Gasteiger partial charge in [-0.15, -0.1) is 6.42 Å². The minimum atomic E-state index is -1.44. The minimum absolute atomic E-state index is 0.00929. The number of hydrogen-bond donors (Lipinski definition) is 2. The number of amides is 4. The summed E-state index contributed by atoms with van der Waals surface area (Å²) in [4.78, 5) is 53.8. The lowest BCUT2D eigenvalue weighted by molar-refractivity contribution is -0.190. The summed E-state index contributed by atoms with van der Waals surface area (Å²) in [6.45, 7) is -0.886. The Bertz CT molecular complexity index is 1280. The van der Waals surface area contributed by atoms with Gasteiger partial charge in [0.05, 0.1) is 26.1 Å². The van der Waals surface area contributed by atoms with Crippen LogP contribution in [0.3, 0.4) is 0 Å². The Balaban J connectivity index is 1.68. The number of fused-ring (bicyclic) bond motifs is 1. The summed E-state index contributed by atoms with van der Waals surface area (Å²) in [6, 6.07) is 9.89. The molecule has 2 aromatic rings. The average Bonchev–Trinajstić information content (AvgIpc) is 2.87. The first-order valence-electron chi connectivity index (χ1n) is 11.7. The number of nitrogens with one attached hydrogen (secondary N) is 1. The first kappa shape index (κ1) is 26.6. The molecule has 0 bridgehead atoms. The molecule has 2 heterocycles. The van der Waals surface area contributed by atoms with Crippen LogP contribution in [0, 0.1) is 24.0 Å². The smallest absolute Gasteiger partial charge is 0.334 e. The molecule has 12 heteroatoms. The lowest BCUT2D eigenvalue weighted by Crippen LogP contribution is -2.76. The van der Waals surface area contributed by atoms with Gasteiger partial charge in [0, 0.05) is 24.7 Å². The third kappa shape index (κ3) is 5.57. The second-order valence-corrected chi connectivity index (χ2v) is 8.87. The molecular weight excluding hydrogens is 500 g/mol. The van der Waals surface area contributed by atoms with Crippen molar-refractivity contribution in [2.45, 2.75) is 31.7 Å². The maximum atomic E-state index is 14.4. The van der Waals surface area contributed by atoms with Gasteiger partial charge in [-0.05, 0) is 11.6 Å². The molecule has 0 radical (unpaired) electrons. The lowest BCUT2D eigenvalue weighted by Gasteiger charge is -2.54. The Morgan fingerprint density at radius 3 is 2.53 bits per heavy atom. The maximum Gasteiger partial charge on any atom is 0.334 e. The zero-order chi connectivity index (χ0) is 27.4. The van der Waals surface area contributed by atoms with Crippen molar-refractivity contribution in [3.05, 3.63) is 71.3 Å². The number of piperazine rings is 1. The molecule has 2 aromatic carbocycles. The maximum absolute atomic E-state index is 14.4. The number of hydrogen-bond acceptors (Lipinski definition) is 5. The highest BCUT2D eigenvalue weighted by atomic mass is 19.1. The topological polar surface area (TPSA) is 114 Å². The Kier molecular flexibility index (Phi) is 7.87. The number of nitrogens with zero attached hydrogens (tertiary/aromatic N) is 4. The quantitative estimate of drug-likeness (QED) is 0.529. The third-order valence-electron chi connectivity index (χ3n) is 6.34. The van der Waals surface area contributed by atoms with E-state index >= 15 is 0 Å². The fraction of sp³-hybridized carbons (Fsp3) is 0.308. The Morgan fingerprint density at radius 1 is 1.13 bits per heavy atom. The van der Waals surface area contributed by atoms with Crippen LogP contribution in [0.25, 0.3) is 0 Å². The highest BCUT2D eigenvalue weighted by molar-refractivity contribution is 5.93. The number of aliphatic carboxylic acids is 1. The number of terminal acetylenes is 1. The molecule has 0 unspecified atom stereocenters. The molecule has 4 amide bonds. The van der Waals surface area contributed by atoms with Crippen LogP contribution in [-0.2, 0) is 27.5 Å². The summed E-state index contributed by atoms with van der Waals surface area (Å²) in [5.41, 5.74) is 0.801. The van der Waals surface area contributed by atoms with Gasteiger partial charge >= 0.3 is 12.0 Å². The molecule has 2 fully saturated rings. The standard InChI is InChI=1S/C26H25F2N5O5/c1-2-10-31-16-23(34)32-21(12-24(35)36)25(37)30(14-18-8-9-19(27)11-20(18)28)15-22(32)33(31)26(38)29-13-17-6-4-3-5-7-17/h1,3-9,11,21-22H,10,12-16H2,(H,29,38)(H,35,36)/t21-,22-/m0/s1. The number of rotatable bonds is 7. The van der Waals surface area contributed by atoms with Crippen LogP contribution in [0.4, 0.5) is 13.6 Å². The predicted molar refractivity (Wildman–Crippen MR) is 129 cm³/mol. The number of urea groups is 1. The highest BCUT2D eigenvalue weighted by Crippen LogP contribution is 2.29. The number of hydrazine groups is 1. The molecule has 0 spiro atoms. The molecule has 2 atom stereocenters. The third-order valence-corrected chi connectivity index (χ3v) is 6.34. The Labute approximate surface area is 217 Å². The predicted octanol–water partition coefficient (Wildman–Crippen LogP) is 1.38. The molecule has 0 aliphatic carbocycles. The first-order chi connectivity index (χ1) is 18.2. The summed E-state index contributed by atoms with van der Waals surface area (Å²) in [6.07, 6.45) is 3.64. The van der Waals surface area contributed by atoms with E-state index in [0.29, 0.717) is 6.07 Å². The van der Waals surface area contributed by atoms with Gasteiger partial charge in [-0.2, -0.15) is 5.01 Å². The van der Waals surface area contributed by atoms with E-state index in [1.807, 2.05) is 30.3 Å². The van der Waals surface area contributed by atoms with Crippen molar-refractivity contribution in [2.75, 3.05) is 19.6 Å². The van der Waals surface area contributed by atoms with Gasteiger partial charge < -0.3 is 20.2 Å². The second-order valence-electron chi connectivity index (χ2n) is 8.87. The Morgan fingerprint density at radius 2 is 1.87 bits per heavy atom. The first-order valence-corrected chi connectivity index (χ1v) is 11.7. The number of carboxylic acid groups (broad SMARTS) is 1. The Hall–Kier alpha value is -4.50. The van der Waals surface area contributed by atoms with E-state index in [0.717, 1.165) is 21.4 Å². The van der Waals surface area contributed by atoms with Crippen molar-refractivity contribution in [3.8, 4) is 12.3 Å². The van der Waals surface area contributed by atoms with Gasteiger partial charge in [0.15, 0.2) is 0 Å². The van der Waals surface area contributed by atoms with Crippen LogP contribution in [0.15, 0.2) is 48.5 Å². The van der Waals surface area contributed by atoms with Crippen LogP contribution in [0.5, 0.6) is 0 Å². The zero-order valence-electron chi connectivity index (χ0n) is 20.2. The van der Waals surface area contributed by atoms with E-state index in [1.165, 1.54) is 16.1 Å². The van der Waals surface area contributed by atoms with Crippen molar-refractivity contribution in [1.82, 2.24) is 25.1 Å². The molecule has 2 aliphatic heterocycles. The van der Waals surface area contributed by atoms with Gasteiger partial charge in [0.1, 0.15) is 23.8 Å². The van der Waals surface area contributed by atoms with Crippen LogP contribution >= 0.6 is 0 Å². The number of carbonyl (C=O) groups is 4. The van der Waals surface area contributed by atoms with E-state index < -0.39 is 54.1 Å². The fourth-order valence-electron chi connectivity index (χ4n) is 4.66. The fourth-order valence-corrected chi connectivity index (χ4v) is 4.66. The van der Waals surface area contributed by atoms with Gasteiger partial charge in [-0.3, -0.25) is 14.4 Å². The lowest BCUT2D eigenvalue weighted by atomic mass is 10.0. The number of carbonyl (C=O) groups excluding carboxylic acids is 3. The molecule has 2 N–H and O–H groups in total. The molecule has 4 rings (SSSR count). The van der Waals surface area contributed by atoms with Gasteiger partial charge in [0.2, 0.25) is 11.8 Å². The van der Waals surface area contributed by atoms with E-state index in [-0.39, 0.29) is 38.3 Å². The van der Waals surface area contributed by atoms with Crippen molar-refractivity contribution in [1.29, 1.82) is 0 Å². The van der Waals surface area contributed by atoms with Crippen LogP contribution in [-0.4, -0.2) is 80.6 Å². The molecule has 2 saturated heterocycles. The summed E-state index contributed by atoms with van der Waals surface area (Å²) in [5, 5.41) is 14.8. The average molecular weight is 526 g/mol. The number of benzene rings is 2. The molecule has 0 aromatic heterocycles. The summed E-state index contributed by atoms with van der Waals surface area (Å²) >= 11 is 0. The summed E-state index contributed by atoms with van der Waals surface area (Å²) in [7, 11) is 0. The van der Waals surface area contributed by atoms with E-state index in [1.54, 1.807) is 0 Å². The molecule has 0 saturated carbocycles. The molecule has 10 nitrogen and oxygen atoms in total. The SMILES string of the molecule is C#CCN1CC(=O)N2[C@@H](CC(=O)O)C(=O)N(Cc3ccc(F)cc3F)C[C@@H]2N1C(=O)NCc1ccccc1. The second kappa shape index (κ2) is 11.3. The summed E-state index contributed by atoms with van der Waals surface area (Å²) in [5.74, 6) is -1.92. The van der Waals surface area contributed by atoms with Crippen molar-refractivity contribution in [3.63, 3.8) is 0 Å². The molecular formula is C26H25F2N5O5. The minimum Gasteiger partial charge on any atom is -0.481 e. The van der Waals surface area contributed by atoms with E-state index in [4.69, 9.17) is 6.42 Å². The largest absolute Gasteiger partial charge is 0.481 e. The number of halogens is 2. The van der Waals surface area contributed by atoms with Crippen LogP contribution < -0.4 is 5.32 Å². The van der Waals surface area contributed by atoms with E-state index in [9.17, 15) is 33.1 Å². The molecule has 198 valence electrons. The van der Waals surface area contributed by atoms with Gasteiger partial charge in [-0.1, -0.05) is 42.3 Å². The van der Waals surface area contributed by atoms with Crippen molar-refractivity contribution in [2.24, 2.45) is 0 Å². The van der Waals surface area contributed by atoms with Gasteiger partial charge in [0.25, 0.3) is 0 Å². The van der Waals surface area contributed by atoms with E-state index in [2.05, 4.69) is 11.2 Å². The monoisotopic (exact) mass is 525 g/mol. The van der Waals surface area contributed by atoms with Crippen molar-refractivity contribution < 1.29 is 33.1 Å². The molecule has 38 heavy (non-hydrogen) atoms. The highest BCUT2D eigenvalue weighted by Gasteiger charge is 2.51. The van der Waals surface area contributed by atoms with Crippen LogP contribution in [0.1, 0.15) is 17.5 Å². The van der Waals surface area contributed by atoms with Crippen LogP contribution in [0.2, 0.25) is 0 Å². The number of carboxylic acids is 1. The van der Waals surface area contributed by atoms with Gasteiger partial charge in [-0.25, -0.2) is 18.6 Å².